The van der Waals surface area contributed by atoms with Crippen molar-refractivity contribution in [3.63, 3.8) is 0 Å². The number of hydrogen-bond donors (Lipinski definition) is 1. The average molecular weight is 522 g/mol. The van der Waals surface area contributed by atoms with Crippen LogP contribution >= 0.6 is 11.6 Å². The van der Waals surface area contributed by atoms with E-state index in [1.54, 1.807) is 16.8 Å². The number of rotatable bonds is 5. The molecule has 5 rings (SSSR count). The van der Waals surface area contributed by atoms with Crippen molar-refractivity contribution in [2.45, 2.75) is 49.0 Å². The number of nitrogens with zero attached hydrogens (tertiary/aromatic N) is 4. The molecule has 1 unspecified atom stereocenters. The molecule has 2 heterocycles. The van der Waals surface area contributed by atoms with Crippen LogP contribution in [0.15, 0.2) is 65.5 Å². The lowest BCUT2D eigenvalue weighted by atomic mass is 9.68. The van der Waals surface area contributed by atoms with Crippen molar-refractivity contribution in [2.24, 2.45) is 5.73 Å². The normalized spacial score (nSPS) is 28.4. The summed E-state index contributed by atoms with van der Waals surface area (Å²) < 4.78 is 1.62. The van der Waals surface area contributed by atoms with Crippen LogP contribution < -0.4 is 11.3 Å². The quantitative estimate of drug-likeness (QED) is 0.651. The van der Waals surface area contributed by atoms with Gasteiger partial charge in [0.25, 0.3) is 5.56 Å². The number of likely N-dealkylation sites (N-methyl/N-ethyl adjacent to an activating group) is 1. The van der Waals surface area contributed by atoms with Crippen molar-refractivity contribution in [1.29, 1.82) is 0 Å². The zero-order chi connectivity index (χ0) is 26.0. The lowest BCUT2D eigenvalue weighted by Crippen LogP contribution is -2.54. The van der Waals surface area contributed by atoms with Crippen LogP contribution in [0, 0.1) is 0 Å². The molecule has 1 atom stereocenters. The van der Waals surface area contributed by atoms with Gasteiger partial charge in [-0.2, -0.15) is 5.10 Å². The Morgan fingerprint density at radius 3 is 2.51 bits per heavy atom. The maximum atomic E-state index is 13.9. The molecule has 2 aliphatic carbocycles. The molecule has 1 saturated carbocycles. The van der Waals surface area contributed by atoms with Crippen LogP contribution in [0.4, 0.5) is 0 Å². The largest absolute Gasteiger partial charge is 0.339 e. The van der Waals surface area contributed by atoms with Crippen molar-refractivity contribution in [3.8, 4) is 0 Å². The van der Waals surface area contributed by atoms with E-state index in [2.05, 4.69) is 18.0 Å². The highest BCUT2D eigenvalue weighted by atomic mass is 35.5. The van der Waals surface area contributed by atoms with Crippen LogP contribution in [-0.2, 0) is 15.6 Å². The Labute approximate surface area is 223 Å². The molecular formula is C29H36ClN5O2. The summed E-state index contributed by atoms with van der Waals surface area (Å²) in [6.45, 7) is 3.63. The predicted octanol–water partition coefficient (Wildman–Crippen LogP) is 3.44. The number of halogens is 1. The minimum atomic E-state index is -0.892. The third-order valence-electron chi connectivity index (χ3n) is 8.61. The van der Waals surface area contributed by atoms with Crippen LogP contribution in [0.1, 0.15) is 49.4 Å². The van der Waals surface area contributed by atoms with Gasteiger partial charge in [-0.25, -0.2) is 4.68 Å². The fourth-order valence-electron chi connectivity index (χ4n) is 6.12. The van der Waals surface area contributed by atoms with Gasteiger partial charge in [-0.05, 0) is 62.9 Å². The first-order chi connectivity index (χ1) is 17.9. The number of piperazine rings is 1. The lowest BCUT2D eigenvalue weighted by Gasteiger charge is -2.41. The van der Waals surface area contributed by atoms with Crippen molar-refractivity contribution in [1.82, 2.24) is 19.6 Å². The van der Waals surface area contributed by atoms with E-state index in [4.69, 9.17) is 22.4 Å². The second-order valence-corrected chi connectivity index (χ2v) is 11.2. The molecule has 2 fully saturated rings. The van der Waals surface area contributed by atoms with Crippen molar-refractivity contribution in [2.75, 3.05) is 39.8 Å². The van der Waals surface area contributed by atoms with Gasteiger partial charge >= 0.3 is 0 Å². The van der Waals surface area contributed by atoms with Gasteiger partial charge in [0.1, 0.15) is 5.41 Å². The summed E-state index contributed by atoms with van der Waals surface area (Å²) in [7, 11) is 2.08. The summed E-state index contributed by atoms with van der Waals surface area (Å²) in [4.78, 5) is 31.2. The number of aromatic nitrogens is 2. The summed E-state index contributed by atoms with van der Waals surface area (Å²) >= 11 is 6.28. The highest BCUT2D eigenvalue weighted by Gasteiger charge is 2.43. The van der Waals surface area contributed by atoms with Gasteiger partial charge in [-0.15, -0.1) is 0 Å². The minimum absolute atomic E-state index is 0.0368. The van der Waals surface area contributed by atoms with Gasteiger partial charge in [-0.1, -0.05) is 48.0 Å². The summed E-state index contributed by atoms with van der Waals surface area (Å²) in [6.07, 6.45) is 11.7. The van der Waals surface area contributed by atoms with E-state index >= 15 is 0 Å². The van der Waals surface area contributed by atoms with E-state index in [9.17, 15) is 9.59 Å². The Morgan fingerprint density at radius 1 is 1.11 bits per heavy atom. The second kappa shape index (κ2) is 10.6. The van der Waals surface area contributed by atoms with Gasteiger partial charge in [0.2, 0.25) is 5.91 Å². The first kappa shape index (κ1) is 25.9. The minimum Gasteiger partial charge on any atom is -0.339 e. The van der Waals surface area contributed by atoms with Crippen molar-refractivity contribution >= 4 is 17.5 Å². The highest BCUT2D eigenvalue weighted by Crippen LogP contribution is 2.43. The molecule has 1 saturated heterocycles. The molecule has 1 aromatic heterocycles. The molecule has 0 spiro atoms. The van der Waals surface area contributed by atoms with Gasteiger partial charge < -0.3 is 15.5 Å². The maximum absolute atomic E-state index is 13.9. The van der Waals surface area contributed by atoms with Crippen LogP contribution in [0.25, 0.3) is 0 Å². The van der Waals surface area contributed by atoms with Crippen molar-refractivity contribution in [3.05, 3.63) is 87.3 Å². The molecule has 0 radical (unpaired) electrons. The number of carbonyl (C=O) groups excluding carboxylic acids is 1. The van der Waals surface area contributed by atoms with Gasteiger partial charge in [0.15, 0.2) is 0 Å². The number of nitrogens with two attached hydrogens (primary N) is 1. The molecule has 1 aromatic carbocycles. The zero-order valence-electron chi connectivity index (χ0n) is 21.5. The first-order valence-corrected chi connectivity index (χ1v) is 13.6. The SMILES string of the molecule is CN1CCN(C(=O)C2(c3ccc(=O)n(C4CCC(CN)(c5cccc(Cl)c5)CC4)n3)C=CC=CC2)CC1. The third kappa shape index (κ3) is 4.92. The molecular weight excluding hydrogens is 486 g/mol. The second-order valence-electron chi connectivity index (χ2n) is 10.8. The smallest absolute Gasteiger partial charge is 0.267 e. The number of amides is 1. The van der Waals surface area contributed by atoms with Crippen molar-refractivity contribution < 1.29 is 4.79 Å². The van der Waals surface area contributed by atoms with Gasteiger partial charge in [0.05, 0.1) is 11.7 Å². The Kier molecular flexibility index (Phi) is 7.39. The van der Waals surface area contributed by atoms with Gasteiger partial charge in [-0.3, -0.25) is 9.59 Å². The predicted molar refractivity (Wildman–Crippen MR) is 147 cm³/mol. The summed E-state index contributed by atoms with van der Waals surface area (Å²) in [6, 6.07) is 11.2. The zero-order valence-corrected chi connectivity index (χ0v) is 22.2. The molecule has 1 aliphatic heterocycles. The highest BCUT2D eigenvalue weighted by molar-refractivity contribution is 6.30. The maximum Gasteiger partial charge on any atom is 0.267 e. The average Bonchev–Trinajstić information content (AvgIpc) is 2.94. The number of carbonyl (C=O) groups is 1. The molecule has 37 heavy (non-hydrogen) atoms. The van der Waals surface area contributed by atoms with Crippen LogP contribution in [0.2, 0.25) is 5.02 Å². The number of hydrogen-bond acceptors (Lipinski definition) is 5. The van der Waals surface area contributed by atoms with Crippen LogP contribution in [0.5, 0.6) is 0 Å². The standard InChI is InChI=1S/C29H36ClN5O2/c1-33-16-18-34(19-17-33)27(37)29(12-3-2-4-13-29)25-8-9-26(36)35(32-25)24-10-14-28(21-31,15-11-24)22-6-5-7-23(30)20-22/h2-9,12,20,24H,10-11,13-19,21,31H2,1H3. The molecule has 196 valence electrons. The Bertz CT molecular complexity index is 1250. The molecule has 1 amide bonds. The van der Waals surface area contributed by atoms with E-state index in [-0.39, 0.29) is 22.9 Å². The Morgan fingerprint density at radius 2 is 1.86 bits per heavy atom. The number of allylic oxidation sites excluding steroid dienone is 3. The molecule has 7 nitrogen and oxygen atoms in total. The lowest BCUT2D eigenvalue weighted by molar-refractivity contribution is -0.137. The molecule has 2 N–H and O–H groups in total. The van der Waals surface area contributed by atoms with Crippen LogP contribution in [-0.4, -0.2) is 65.3 Å². The molecule has 0 bridgehead atoms. The Hall–Kier alpha value is -2.74. The molecule has 8 heteroatoms. The van der Waals surface area contributed by atoms with Gasteiger partial charge in [0, 0.05) is 49.2 Å². The topological polar surface area (TPSA) is 84.5 Å². The fourth-order valence-corrected chi connectivity index (χ4v) is 6.31. The molecule has 2 aromatic rings. The summed E-state index contributed by atoms with van der Waals surface area (Å²) in [5.41, 5.74) is 6.92. The summed E-state index contributed by atoms with van der Waals surface area (Å²) in [5.74, 6) is 0.0608. The fraction of sp³-hybridized carbons (Fsp3) is 0.483. The summed E-state index contributed by atoms with van der Waals surface area (Å²) in [5, 5.41) is 5.60. The Balaban J connectivity index is 1.42. The monoisotopic (exact) mass is 521 g/mol. The van der Waals surface area contributed by atoms with Crippen LogP contribution in [0.3, 0.4) is 0 Å². The molecule has 3 aliphatic rings. The van der Waals surface area contributed by atoms with E-state index in [1.165, 1.54) is 0 Å². The van der Waals surface area contributed by atoms with E-state index in [0.717, 1.165) is 44.3 Å². The van der Waals surface area contributed by atoms with E-state index < -0.39 is 5.41 Å². The van der Waals surface area contributed by atoms with E-state index in [0.29, 0.717) is 36.8 Å². The third-order valence-corrected chi connectivity index (χ3v) is 8.84. The van der Waals surface area contributed by atoms with E-state index in [1.807, 2.05) is 47.4 Å². The number of benzene rings is 1. The first-order valence-electron chi connectivity index (χ1n) is 13.3.